The van der Waals surface area contributed by atoms with Crippen LogP contribution in [0.15, 0.2) is 47.0 Å². The van der Waals surface area contributed by atoms with E-state index in [1.807, 2.05) is 42.5 Å². The third-order valence-corrected chi connectivity index (χ3v) is 5.10. The van der Waals surface area contributed by atoms with Gasteiger partial charge in [-0.05, 0) is 12.8 Å². The molecule has 1 N–H and O–H groups in total. The zero-order valence-electron chi connectivity index (χ0n) is 15.2. The van der Waals surface area contributed by atoms with E-state index in [1.54, 1.807) is 0 Å². The minimum Gasteiger partial charge on any atom is -0.347 e. The Morgan fingerprint density at radius 3 is 2.46 bits per heavy atom. The van der Waals surface area contributed by atoms with Gasteiger partial charge in [0.1, 0.15) is 0 Å². The number of carbonyl (C=O) groups is 3. The maximum Gasteiger partial charge on any atom is 0.246 e. The van der Waals surface area contributed by atoms with Gasteiger partial charge in [0.05, 0.1) is 18.4 Å². The molecule has 28 heavy (non-hydrogen) atoms. The number of imide groups is 1. The van der Waals surface area contributed by atoms with Crippen molar-refractivity contribution < 1.29 is 18.9 Å². The first-order valence-corrected chi connectivity index (χ1v) is 9.28. The smallest absolute Gasteiger partial charge is 0.246 e. The van der Waals surface area contributed by atoms with Crippen molar-refractivity contribution in [1.82, 2.24) is 20.4 Å². The van der Waals surface area contributed by atoms with E-state index in [4.69, 9.17) is 4.52 Å². The maximum atomic E-state index is 12.4. The molecule has 0 bridgehead atoms. The molecular weight excluding hydrogens is 360 g/mol. The van der Waals surface area contributed by atoms with Gasteiger partial charge in [-0.15, -0.1) is 0 Å². The summed E-state index contributed by atoms with van der Waals surface area (Å²) >= 11 is 0. The van der Waals surface area contributed by atoms with Gasteiger partial charge in [-0.1, -0.05) is 47.6 Å². The predicted molar refractivity (Wildman–Crippen MR) is 98.3 cm³/mol. The minimum absolute atomic E-state index is 0.0457. The number of carbonyl (C=O) groups excluding carboxylic acids is 3. The average Bonchev–Trinajstić information content (AvgIpc) is 3.30. The molecule has 1 aromatic carbocycles. The topological polar surface area (TPSA) is 105 Å². The maximum absolute atomic E-state index is 12.4. The Kier molecular flexibility index (Phi) is 5.01. The van der Waals surface area contributed by atoms with Gasteiger partial charge in [0.15, 0.2) is 0 Å². The molecule has 4 rings (SSSR count). The quantitative estimate of drug-likeness (QED) is 0.604. The number of rotatable bonds is 6. The Bertz CT molecular complexity index is 895. The van der Waals surface area contributed by atoms with Crippen LogP contribution in [0.4, 0.5) is 0 Å². The van der Waals surface area contributed by atoms with Crippen LogP contribution in [0.5, 0.6) is 0 Å². The van der Waals surface area contributed by atoms with Crippen LogP contribution in [0.25, 0.3) is 11.4 Å². The molecule has 0 radical (unpaired) electrons. The molecule has 2 heterocycles. The summed E-state index contributed by atoms with van der Waals surface area (Å²) in [7, 11) is 0. The molecule has 1 aromatic heterocycles. The summed E-state index contributed by atoms with van der Waals surface area (Å²) in [5.74, 6) is -0.418. The van der Waals surface area contributed by atoms with E-state index in [-0.39, 0.29) is 55.0 Å². The SMILES string of the molecule is O=C(CCN1C(=O)[C@H]2CC=CC[C@@H]2C1=O)NCc1nc(-c2ccccc2)no1. The van der Waals surface area contributed by atoms with Crippen LogP contribution in [0, 0.1) is 11.8 Å². The second-order valence-electron chi connectivity index (χ2n) is 6.89. The molecule has 2 aromatic rings. The van der Waals surface area contributed by atoms with E-state index < -0.39 is 0 Å². The highest BCUT2D eigenvalue weighted by Gasteiger charge is 2.46. The van der Waals surface area contributed by atoms with E-state index >= 15 is 0 Å². The van der Waals surface area contributed by atoms with Gasteiger partial charge in [0.25, 0.3) is 0 Å². The first-order valence-electron chi connectivity index (χ1n) is 9.28. The first kappa shape index (κ1) is 18.1. The predicted octanol–water partition coefficient (Wildman–Crippen LogP) is 1.69. The number of likely N-dealkylation sites (tertiary alicyclic amines) is 1. The number of aromatic nitrogens is 2. The highest BCUT2D eigenvalue weighted by atomic mass is 16.5. The normalized spacial score (nSPS) is 21.1. The van der Waals surface area contributed by atoms with E-state index in [0.29, 0.717) is 18.7 Å². The molecule has 0 unspecified atom stereocenters. The summed E-state index contributed by atoms with van der Waals surface area (Å²) in [4.78, 5) is 42.4. The molecule has 144 valence electrons. The third kappa shape index (κ3) is 3.58. The van der Waals surface area contributed by atoms with Crippen molar-refractivity contribution >= 4 is 17.7 Å². The summed E-state index contributed by atoms with van der Waals surface area (Å²) in [5, 5.41) is 6.58. The lowest BCUT2D eigenvalue weighted by Crippen LogP contribution is -2.35. The second-order valence-corrected chi connectivity index (χ2v) is 6.89. The molecule has 1 aliphatic heterocycles. The summed E-state index contributed by atoms with van der Waals surface area (Å²) in [6.45, 7) is 0.186. The van der Waals surface area contributed by atoms with Crippen molar-refractivity contribution in [3.63, 3.8) is 0 Å². The summed E-state index contributed by atoms with van der Waals surface area (Å²) in [5.41, 5.74) is 0.825. The number of hydrogen-bond donors (Lipinski definition) is 1. The fraction of sp³-hybridized carbons (Fsp3) is 0.350. The lowest BCUT2D eigenvalue weighted by Gasteiger charge is -2.14. The monoisotopic (exact) mass is 380 g/mol. The number of nitrogens with zero attached hydrogens (tertiary/aromatic N) is 3. The lowest BCUT2D eigenvalue weighted by molar-refractivity contribution is -0.140. The van der Waals surface area contributed by atoms with Crippen molar-refractivity contribution in [2.45, 2.75) is 25.8 Å². The van der Waals surface area contributed by atoms with Crippen molar-refractivity contribution in [2.75, 3.05) is 6.54 Å². The van der Waals surface area contributed by atoms with Crippen LogP contribution in [0.1, 0.15) is 25.2 Å². The Morgan fingerprint density at radius 1 is 1.11 bits per heavy atom. The van der Waals surface area contributed by atoms with Gasteiger partial charge in [-0.3, -0.25) is 19.3 Å². The Labute approximate surface area is 161 Å². The summed E-state index contributed by atoms with van der Waals surface area (Å²) < 4.78 is 5.14. The number of allylic oxidation sites excluding steroid dienone is 2. The van der Waals surface area contributed by atoms with Gasteiger partial charge < -0.3 is 9.84 Å². The number of amides is 3. The van der Waals surface area contributed by atoms with Crippen molar-refractivity contribution in [3.8, 4) is 11.4 Å². The van der Waals surface area contributed by atoms with Crippen LogP contribution >= 0.6 is 0 Å². The number of benzene rings is 1. The Morgan fingerprint density at radius 2 is 1.79 bits per heavy atom. The molecule has 0 saturated carbocycles. The zero-order valence-corrected chi connectivity index (χ0v) is 15.2. The number of nitrogens with one attached hydrogen (secondary N) is 1. The molecule has 2 aliphatic rings. The van der Waals surface area contributed by atoms with Gasteiger partial charge in [-0.25, -0.2) is 0 Å². The highest BCUT2D eigenvalue weighted by Crippen LogP contribution is 2.34. The second kappa shape index (κ2) is 7.75. The van der Waals surface area contributed by atoms with Crippen LogP contribution in [-0.4, -0.2) is 39.3 Å². The van der Waals surface area contributed by atoms with Crippen molar-refractivity contribution in [3.05, 3.63) is 48.4 Å². The standard InChI is InChI=1S/C20H20N4O4/c25-16(10-11-24-19(26)14-8-4-5-9-15(14)20(24)27)21-12-17-22-18(23-28-17)13-6-2-1-3-7-13/h1-7,14-15H,8-12H2,(H,21,25)/t14-,15-/m0/s1. The van der Waals surface area contributed by atoms with Crippen molar-refractivity contribution in [2.24, 2.45) is 11.8 Å². The molecule has 2 atom stereocenters. The van der Waals surface area contributed by atoms with E-state index in [1.165, 1.54) is 4.90 Å². The lowest BCUT2D eigenvalue weighted by atomic mass is 9.85. The van der Waals surface area contributed by atoms with Gasteiger partial charge >= 0.3 is 0 Å². The molecule has 1 fully saturated rings. The highest BCUT2D eigenvalue weighted by molar-refractivity contribution is 6.05. The van der Waals surface area contributed by atoms with E-state index in [2.05, 4.69) is 15.5 Å². The van der Waals surface area contributed by atoms with Crippen molar-refractivity contribution in [1.29, 1.82) is 0 Å². The summed E-state index contributed by atoms with van der Waals surface area (Å²) in [6, 6.07) is 9.38. The summed E-state index contributed by atoms with van der Waals surface area (Å²) in [6.07, 6.45) is 5.12. The van der Waals surface area contributed by atoms with E-state index in [9.17, 15) is 14.4 Å². The zero-order chi connectivity index (χ0) is 19.5. The van der Waals surface area contributed by atoms with Gasteiger partial charge in [0.2, 0.25) is 29.4 Å². The number of hydrogen-bond acceptors (Lipinski definition) is 6. The van der Waals surface area contributed by atoms with Gasteiger partial charge in [0, 0.05) is 18.5 Å². The fourth-order valence-corrected chi connectivity index (χ4v) is 3.60. The Balaban J connectivity index is 1.27. The molecule has 1 saturated heterocycles. The average molecular weight is 380 g/mol. The minimum atomic E-state index is -0.284. The van der Waals surface area contributed by atoms with Crippen LogP contribution in [0.2, 0.25) is 0 Å². The fourth-order valence-electron chi connectivity index (χ4n) is 3.60. The van der Waals surface area contributed by atoms with Crippen LogP contribution in [-0.2, 0) is 20.9 Å². The molecular formula is C20H20N4O4. The molecule has 8 heteroatoms. The number of fused-ring (bicyclic) bond motifs is 1. The largest absolute Gasteiger partial charge is 0.347 e. The van der Waals surface area contributed by atoms with Crippen LogP contribution in [0.3, 0.4) is 0 Å². The first-order chi connectivity index (χ1) is 13.6. The van der Waals surface area contributed by atoms with Crippen LogP contribution < -0.4 is 5.32 Å². The Hall–Kier alpha value is -3.29. The molecule has 1 aliphatic carbocycles. The van der Waals surface area contributed by atoms with Gasteiger partial charge in [-0.2, -0.15) is 4.98 Å². The van der Waals surface area contributed by atoms with E-state index in [0.717, 1.165) is 5.56 Å². The third-order valence-electron chi connectivity index (χ3n) is 5.10. The molecule has 3 amide bonds. The molecule has 8 nitrogen and oxygen atoms in total. The molecule has 0 spiro atoms.